The fourth-order valence-electron chi connectivity index (χ4n) is 2.33. The van der Waals surface area contributed by atoms with Crippen molar-refractivity contribution in [3.63, 3.8) is 0 Å². The highest BCUT2D eigenvalue weighted by Crippen LogP contribution is 2.26. The number of aliphatic hydroxyl groups excluding tert-OH is 1. The van der Waals surface area contributed by atoms with E-state index >= 15 is 0 Å². The zero-order valence-corrected chi connectivity index (χ0v) is 15.0. The summed E-state index contributed by atoms with van der Waals surface area (Å²) < 4.78 is 18.4. The Morgan fingerprint density at radius 2 is 1.81 bits per heavy atom. The van der Waals surface area contributed by atoms with Gasteiger partial charge in [0, 0.05) is 17.5 Å². The molecule has 3 N–H and O–H groups in total. The van der Waals surface area contributed by atoms with Gasteiger partial charge in [-0.15, -0.1) is 0 Å². The maximum Gasteiger partial charge on any atom is 0.309 e. The number of carbonyl (C=O) groups excluding carboxylic acids is 2. The fraction of sp³-hybridized carbons (Fsp3) is 0.158. The van der Waals surface area contributed by atoms with E-state index in [1.807, 2.05) is 16.8 Å². The van der Waals surface area contributed by atoms with Crippen molar-refractivity contribution < 1.29 is 23.5 Å². The van der Waals surface area contributed by atoms with Crippen molar-refractivity contribution in [1.29, 1.82) is 0 Å². The maximum absolute atomic E-state index is 12.8. The van der Waals surface area contributed by atoms with Gasteiger partial charge in [-0.3, -0.25) is 9.59 Å². The number of nitrogens with one attached hydrogen (secondary N) is 2. The molecule has 0 aliphatic heterocycles. The number of rotatable bonds is 6. The van der Waals surface area contributed by atoms with Crippen LogP contribution in [0.1, 0.15) is 17.4 Å². The Balaban J connectivity index is 1.46. The number of halogens is 1. The molecule has 27 heavy (non-hydrogen) atoms. The highest BCUT2D eigenvalue weighted by atomic mass is 32.1. The van der Waals surface area contributed by atoms with Crippen LogP contribution in [0.15, 0.2) is 57.6 Å². The third-order valence-electron chi connectivity index (χ3n) is 3.79. The molecular weight excluding hydrogens is 371 g/mol. The molecule has 0 radical (unpaired) electrons. The minimum absolute atomic E-state index is 0.0945. The lowest BCUT2D eigenvalue weighted by Crippen LogP contribution is -2.41. The van der Waals surface area contributed by atoms with Crippen LogP contribution in [0.2, 0.25) is 0 Å². The molecule has 0 saturated heterocycles. The number of furan rings is 1. The van der Waals surface area contributed by atoms with Gasteiger partial charge in [0.05, 0.1) is 6.54 Å². The Bertz CT molecular complexity index is 906. The third kappa shape index (κ3) is 5.02. The lowest BCUT2D eigenvalue weighted by Gasteiger charge is -2.10. The van der Waals surface area contributed by atoms with E-state index in [9.17, 15) is 19.1 Å². The molecule has 6 nitrogen and oxygen atoms in total. The fourth-order valence-corrected chi connectivity index (χ4v) is 2.97. The number of aliphatic hydroxyl groups is 1. The topological polar surface area (TPSA) is 91.6 Å². The minimum atomic E-state index is -1.08. The molecule has 0 aliphatic rings. The van der Waals surface area contributed by atoms with Gasteiger partial charge in [-0.25, -0.2) is 4.39 Å². The average Bonchev–Trinajstić information content (AvgIpc) is 3.36. The summed E-state index contributed by atoms with van der Waals surface area (Å²) in [6, 6.07) is 10.8. The second-order valence-corrected chi connectivity index (χ2v) is 6.53. The number of amides is 2. The van der Waals surface area contributed by atoms with E-state index in [0.717, 1.165) is 5.56 Å². The van der Waals surface area contributed by atoms with Gasteiger partial charge in [0.1, 0.15) is 23.4 Å². The summed E-state index contributed by atoms with van der Waals surface area (Å²) in [5.41, 5.74) is 1.57. The van der Waals surface area contributed by atoms with E-state index in [1.54, 1.807) is 12.1 Å². The zero-order chi connectivity index (χ0) is 19.2. The SMILES string of the molecule is O=C(NCc1ccc(F)cc1)C(=O)NC[C@@H](O)c1ccc(-c2ccsc2)o1. The molecule has 0 spiro atoms. The third-order valence-corrected chi connectivity index (χ3v) is 4.47. The smallest absolute Gasteiger partial charge is 0.309 e. The number of hydrogen-bond donors (Lipinski definition) is 3. The molecule has 0 fully saturated rings. The molecule has 8 heteroatoms. The number of carbonyl (C=O) groups is 2. The summed E-state index contributed by atoms with van der Waals surface area (Å²) in [5, 5.41) is 18.7. The van der Waals surface area contributed by atoms with Crippen LogP contribution in [0.25, 0.3) is 11.3 Å². The molecule has 0 aliphatic carbocycles. The van der Waals surface area contributed by atoms with Gasteiger partial charge in [-0.2, -0.15) is 11.3 Å². The molecule has 0 unspecified atom stereocenters. The largest absolute Gasteiger partial charge is 0.458 e. The first-order valence-corrected chi connectivity index (χ1v) is 9.08. The Kier molecular flexibility index (Phi) is 6.00. The predicted molar refractivity (Wildman–Crippen MR) is 98.2 cm³/mol. The Hall–Kier alpha value is -2.97. The first kappa shape index (κ1) is 18.8. The lowest BCUT2D eigenvalue weighted by molar-refractivity contribution is -0.139. The summed E-state index contributed by atoms with van der Waals surface area (Å²) in [5.74, 6) is -1.18. The van der Waals surface area contributed by atoms with Gasteiger partial charge < -0.3 is 20.2 Å². The molecule has 1 atom stereocenters. The van der Waals surface area contributed by atoms with Crippen LogP contribution in [-0.2, 0) is 16.1 Å². The summed E-state index contributed by atoms with van der Waals surface area (Å²) in [6.45, 7) is -0.0728. The lowest BCUT2D eigenvalue weighted by atomic mass is 10.2. The van der Waals surface area contributed by atoms with Crippen molar-refractivity contribution in [3.05, 3.63) is 70.4 Å². The highest BCUT2D eigenvalue weighted by Gasteiger charge is 2.18. The number of thiophene rings is 1. The number of benzene rings is 1. The first-order valence-electron chi connectivity index (χ1n) is 8.14. The molecule has 3 rings (SSSR count). The molecule has 2 amide bonds. The molecule has 2 aromatic heterocycles. The number of hydrogen-bond acceptors (Lipinski definition) is 5. The Morgan fingerprint density at radius 1 is 1.07 bits per heavy atom. The van der Waals surface area contributed by atoms with Gasteiger partial charge in [-0.1, -0.05) is 12.1 Å². The van der Waals surface area contributed by atoms with E-state index in [2.05, 4.69) is 10.6 Å². The predicted octanol–water partition coefficient (Wildman–Crippen LogP) is 2.61. The van der Waals surface area contributed by atoms with E-state index in [0.29, 0.717) is 17.1 Å². The molecular formula is C19H17FN2O4S. The van der Waals surface area contributed by atoms with Gasteiger partial charge in [0.2, 0.25) is 0 Å². The van der Waals surface area contributed by atoms with E-state index in [1.165, 1.54) is 35.6 Å². The summed E-state index contributed by atoms with van der Waals surface area (Å²) in [4.78, 5) is 23.6. The van der Waals surface area contributed by atoms with E-state index in [-0.39, 0.29) is 18.9 Å². The molecule has 2 heterocycles. The van der Waals surface area contributed by atoms with Gasteiger partial charge in [0.25, 0.3) is 0 Å². The van der Waals surface area contributed by atoms with Crippen LogP contribution in [0, 0.1) is 5.82 Å². The van der Waals surface area contributed by atoms with Crippen LogP contribution in [0.3, 0.4) is 0 Å². The molecule has 3 aromatic rings. The molecule has 0 bridgehead atoms. The standard InChI is InChI=1S/C19H17FN2O4S/c20-14-3-1-12(2-4-14)9-21-18(24)19(25)22-10-15(23)17-6-5-16(26-17)13-7-8-27-11-13/h1-8,11,15,23H,9-10H2,(H,21,24)(H,22,25)/t15-/m1/s1. The van der Waals surface area contributed by atoms with Gasteiger partial charge in [-0.05, 0) is 41.3 Å². The summed E-state index contributed by atoms with van der Waals surface area (Å²) in [7, 11) is 0. The second-order valence-electron chi connectivity index (χ2n) is 5.75. The van der Waals surface area contributed by atoms with Crippen molar-refractivity contribution in [2.24, 2.45) is 0 Å². The summed E-state index contributed by atoms with van der Waals surface area (Å²) in [6.07, 6.45) is -1.08. The van der Waals surface area contributed by atoms with Gasteiger partial charge >= 0.3 is 11.8 Å². The van der Waals surface area contributed by atoms with Crippen LogP contribution >= 0.6 is 11.3 Å². The zero-order valence-electron chi connectivity index (χ0n) is 14.1. The molecule has 1 aromatic carbocycles. The van der Waals surface area contributed by atoms with E-state index < -0.39 is 17.9 Å². The maximum atomic E-state index is 12.8. The normalized spacial score (nSPS) is 11.8. The highest BCUT2D eigenvalue weighted by molar-refractivity contribution is 7.08. The van der Waals surface area contributed by atoms with Crippen LogP contribution in [-0.4, -0.2) is 23.5 Å². The van der Waals surface area contributed by atoms with Gasteiger partial charge in [0.15, 0.2) is 0 Å². The molecule has 140 valence electrons. The first-order chi connectivity index (χ1) is 13.0. The van der Waals surface area contributed by atoms with Crippen LogP contribution in [0.5, 0.6) is 0 Å². The van der Waals surface area contributed by atoms with Crippen molar-refractivity contribution in [2.45, 2.75) is 12.6 Å². The average molecular weight is 388 g/mol. The monoisotopic (exact) mass is 388 g/mol. The minimum Gasteiger partial charge on any atom is -0.458 e. The quantitative estimate of drug-likeness (QED) is 0.566. The van der Waals surface area contributed by atoms with E-state index in [4.69, 9.17) is 4.42 Å². The van der Waals surface area contributed by atoms with Crippen molar-refractivity contribution in [1.82, 2.24) is 10.6 Å². The Morgan fingerprint density at radius 3 is 2.52 bits per heavy atom. The molecule has 0 saturated carbocycles. The van der Waals surface area contributed by atoms with Crippen molar-refractivity contribution in [2.75, 3.05) is 6.54 Å². The van der Waals surface area contributed by atoms with Crippen molar-refractivity contribution in [3.8, 4) is 11.3 Å². The van der Waals surface area contributed by atoms with Crippen LogP contribution < -0.4 is 10.6 Å². The van der Waals surface area contributed by atoms with Crippen LogP contribution in [0.4, 0.5) is 4.39 Å². The summed E-state index contributed by atoms with van der Waals surface area (Å²) >= 11 is 1.53. The van der Waals surface area contributed by atoms with Crippen molar-refractivity contribution >= 4 is 23.2 Å². The second kappa shape index (κ2) is 8.61. The Labute approximate surface area is 158 Å².